The van der Waals surface area contributed by atoms with Crippen molar-refractivity contribution in [2.75, 3.05) is 18.0 Å². The second-order valence-electron chi connectivity index (χ2n) is 4.82. The van der Waals surface area contributed by atoms with Crippen LogP contribution in [0.3, 0.4) is 0 Å². The molecule has 1 heterocycles. The molecule has 124 valence electrons. The quantitative estimate of drug-likeness (QED) is 0.351. The lowest BCUT2D eigenvalue weighted by Crippen LogP contribution is -3.00. The minimum Gasteiger partial charge on any atom is -1.00 e. The predicted molar refractivity (Wildman–Crippen MR) is 88.8 cm³/mol. The van der Waals surface area contributed by atoms with Gasteiger partial charge in [0.1, 0.15) is 11.9 Å². The number of aryl methyl sites for hydroxylation is 1. The maximum Gasteiger partial charge on any atom is 0.408 e. The van der Waals surface area contributed by atoms with Crippen LogP contribution in [0.2, 0.25) is 0 Å². The highest BCUT2D eigenvalue weighted by Crippen LogP contribution is 2.22. The fourth-order valence-electron chi connectivity index (χ4n) is 1.99. The summed E-state index contributed by atoms with van der Waals surface area (Å²) < 4.78 is 1.91. The van der Waals surface area contributed by atoms with E-state index in [1.807, 2.05) is 52.4 Å². The Bertz CT molecular complexity index is 723. The topological polar surface area (TPSA) is 79.4 Å². The van der Waals surface area contributed by atoms with E-state index >= 15 is 0 Å². The third kappa shape index (κ3) is 5.87. The van der Waals surface area contributed by atoms with Gasteiger partial charge in [-0.2, -0.15) is 10.5 Å². The fraction of sp³-hybridized carbons (Fsp3) is 0.312. The van der Waals surface area contributed by atoms with Crippen molar-refractivity contribution in [1.29, 1.82) is 10.5 Å². The van der Waals surface area contributed by atoms with E-state index in [0.717, 1.165) is 16.5 Å². The number of nitrogens with zero attached hydrogens (tertiary/aromatic N) is 6. The minimum absolute atomic E-state index is 0. The van der Waals surface area contributed by atoms with Crippen LogP contribution in [0.4, 0.5) is 16.5 Å². The highest BCUT2D eigenvalue weighted by Gasteiger charge is 2.08. The molecule has 1 aromatic carbocycles. The van der Waals surface area contributed by atoms with Crippen LogP contribution in [0.5, 0.6) is 0 Å². The minimum atomic E-state index is 0. The molecule has 0 fully saturated rings. The Balaban J connectivity index is 0.00000288. The van der Waals surface area contributed by atoms with Crippen molar-refractivity contribution >= 4 is 27.8 Å². The summed E-state index contributed by atoms with van der Waals surface area (Å²) in [6, 6.07) is 11.9. The molecule has 0 aliphatic carbocycles. The molecule has 0 radical (unpaired) electrons. The van der Waals surface area contributed by atoms with Crippen LogP contribution in [0.25, 0.3) is 0 Å². The molecule has 0 atom stereocenters. The standard InChI is InChI=1S/C16H17N6S.HI/c1-21-12-13-23-16(21)20-19-14-4-6-15(7-5-14)22(10-2-8-17)11-3-9-18;/h4-7,12-13H,2-3,10-11H2,1H3;1H/q+1;/p-1. The molecule has 0 N–H and O–H groups in total. The second-order valence-corrected chi connectivity index (χ2v) is 5.69. The van der Waals surface area contributed by atoms with Gasteiger partial charge in [-0.15, -0.1) is 0 Å². The lowest BCUT2D eigenvalue weighted by Gasteiger charge is -2.22. The molecule has 8 heteroatoms. The normalized spacial score (nSPS) is 9.96. The van der Waals surface area contributed by atoms with Crippen LogP contribution in [-0.2, 0) is 7.05 Å². The average Bonchev–Trinajstić information content (AvgIpc) is 2.99. The average molecular weight is 452 g/mol. The molecule has 6 nitrogen and oxygen atoms in total. The van der Waals surface area contributed by atoms with Crippen molar-refractivity contribution in [1.82, 2.24) is 0 Å². The monoisotopic (exact) mass is 452 g/mol. The summed E-state index contributed by atoms with van der Waals surface area (Å²) in [5.41, 5.74) is 1.75. The largest absolute Gasteiger partial charge is 1.00 e. The van der Waals surface area contributed by atoms with Crippen molar-refractivity contribution < 1.29 is 28.5 Å². The van der Waals surface area contributed by atoms with E-state index in [1.165, 1.54) is 11.3 Å². The number of benzene rings is 1. The van der Waals surface area contributed by atoms with Gasteiger partial charge >= 0.3 is 5.13 Å². The lowest BCUT2D eigenvalue weighted by molar-refractivity contribution is -0.654. The first-order chi connectivity index (χ1) is 11.2. The van der Waals surface area contributed by atoms with Crippen molar-refractivity contribution in [3.63, 3.8) is 0 Å². The molecule has 2 rings (SSSR count). The highest BCUT2D eigenvalue weighted by atomic mass is 127. The molecular formula is C16H17IN6S. The molecule has 0 unspecified atom stereocenters. The van der Waals surface area contributed by atoms with Gasteiger partial charge in [-0.1, -0.05) is 0 Å². The number of azo groups is 1. The Morgan fingerprint density at radius 2 is 1.71 bits per heavy atom. The predicted octanol–water partition coefficient (Wildman–Crippen LogP) is 0.626. The number of aromatic nitrogens is 1. The summed E-state index contributed by atoms with van der Waals surface area (Å²) in [4.78, 5) is 2.03. The lowest BCUT2D eigenvalue weighted by atomic mass is 10.2. The maximum atomic E-state index is 8.74. The van der Waals surface area contributed by atoms with Gasteiger partial charge in [0.2, 0.25) is 0 Å². The van der Waals surface area contributed by atoms with Crippen molar-refractivity contribution in [3.05, 3.63) is 35.8 Å². The summed E-state index contributed by atoms with van der Waals surface area (Å²) in [6.07, 6.45) is 2.80. The number of hydrogen-bond donors (Lipinski definition) is 0. The van der Waals surface area contributed by atoms with Crippen LogP contribution in [-0.4, -0.2) is 13.1 Å². The Hall–Kier alpha value is -2.04. The Morgan fingerprint density at radius 1 is 1.08 bits per heavy atom. The van der Waals surface area contributed by atoms with Gasteiger partial charge in [-0.05, 0) is 40.7 Å². The molecule has 0 amide bonds. The molecule has 0 bridgehead atoms. The zero-order valence-corrected chi connectivity index (χ0v) is 16.2. The van der Waals surface area contributed by atoms with Crippen molar-refractivity contribution in [3.8, 4) is 12.1 Å². The molecule has 0 spiro atoms. The maximum absolute atomic E-state index is 8.74. The van der Waals surface area contributed by atoms with E-state index in [4.69, 9.17) is 10.5 Å². The van der Waals surface area contributed by atoms with Crippen LogP contribution < -0.4 is 33.4 Å². The first-order valence-corrected chi connectivity index (χ1v) is 8.06. The molecule has 0 saturated carbocycles. The van der Waals surface area contributed by atoms with Gasteiger partial charge in [0.25, 0.3) is 0 Å². The SMILES string of the molecule is C[n+]1ccsc1N=Nc1ccc(N(CCC#N)CCC#N)cc1.[I-]. The van der Waals surface area contributed by atoms with E-state index in [0.29, 0.717) is 25.9 Å². The summed E-state index contributed by atoms with van der Waals surface area (Å²) in [5, 5.41) is 28.7. The first kappa shape index (κ1) is 20.0. The summed E-state index contributed by atoms with van der Waals surface area (Å²) in [7, 11) is 1.93. The third-order valence-electron chi connectivity index (χ3n) is 3.21. The van der Waals surface area contributed by atoms with Crippen LogP contribution in [0, 0.1) is 22.7 Å². The number of hydrogen-bond acceptors (Lipinski definition) is 6. The number of halogens is 1. The molecule has 0 saturated heterocycles. The molecule has 1 aromatic heterocycles. The number of rotatable bonds is 7. The van der Waals surface area contributed by atoms with E-state index in [1.54, 1.807) is 0 Å². The molecule has 24 heavy (non-hydrogen) atoms. The van der Waals surface area contributed by atoms with Crippen LogP contribution >= 0.6 is 11.3 Å². The van der Waals surface area contributed by atoms with Gasteiger partial charge in [0.05, 0.1) is 37.1 Å². The highest BCUT2D eigenvalue weighted by molar-refractivity contribution is 7.12. The van der Waals surface area contributed by atoms with E-state index in [9.17, 15) is 0 Å². The molecular weight excluding hydrogens is 435 g/mol. The Kier molecular flexibility index (Phi) is 8.90. The van der Waals surface area contributed by atoms with E-state index < -0.39 is 0 Å². The number of nitriles is 2. The fourth-order valence-corrected chi connectivity index (χ4v) is 2.67. The van der Waals surface area contributed by atoms with Crippen LogP contribution in [0.15, 0.2) is 46.1 Å². The summed E-state index contributed by atoms with van der Waals surface area (Å²) in [5.74, 6) is 0. The molecule has 2 aromatic rings. The van der Waals surface area contributed by atoms with Gasteiger partial charge < -0.3 is 28.9 Å². The zero-order valence-electron chi connectivity index (χ0n) is 13.3. The zero-order chi connectivity index (χ0) is 16.5. The molecule has 0 aliphatic heterocycles. The van der Waals surface area contributed by atoms with Crippen LogP contribution in [0.1, 0.15) is 12.8 Å². The van der Waals surface area contributed by atoms with E-state index in [-0.39, 0.29) is 24.0 Å². The third-order valence-corrected chi connectivity index (χ3v) is 4.05. The van der Waals surface area contributed by atoms with Gasteiger partial charge in [-0.3, -0.25) is 0 Å². The Morgan fingerprint density at radius 3 is 2.21 bits per heavy atom. The smallest absolute Gasteiger partial charge is 0.408 e. The number of anilines is 1. The summed E-state index contributed by atoms with van der Waals surface area (Å²) >= 11 is 1.53. The van der Waals surface area contributed by atoms with Gasteiger partial charge in [0.15, 0.2) is 0 Å². The Labute approximate surface area is 162 Å². The molecule has 0 aliphatic rings. The van der Waals surface area contributed by atoms with Crippen molar-refractivity contribution in [2.24, 2.45) is 17.3 Å². The summed E-state index contributed by atoms with van der Waals surface area (Å²) in [6.45, 7) is 1.23. The number of thiazole rings is 1. The van der Waals surface area contributed by atoms with Crippen molar-refractivity contribution in [2.45, 2.75) is 12.8 Å². The van der Waals surface area contributed by atoms with Gasteiger partial charge in [-0.25, -0.2) is 4.57 Å². The van der Waals surface area contributed by atoms with Gasteiger partial charge in [0, 0.05) is 24.2 Å². The van der Waals surface area contributed by atoms with E-state index in [2.05, 4.69) is 22.4 Å². The first-order valence-electron chi connectivity index (χ1n) is 7.18. The second kappa shape index (κ2) is 10.7.